The minimum absolute atomic E-state index is 0.0431. The first-order valence-corrected chi connectivity index (χ1v) is 7.03. The van der Waals surface area contributed by atoms with Crippen molar-refractivity contribution in [1.29, 1.82) is 0 Å². The fourth-order valence-electron chi connectivity index (χ4n) is 1.89. The van der Waals surface area contributed by atoms with Crippen molar-refractivity contribution in [3.8, 4) is 0 Å². The Balaban J connectivity index is 3.44. The van der Waals surface area contributed by atoms with Crippen LogP contribution in [0.4, 0.5) is 4.39 Å². The molecule has 0 spiro atoms. The molecule has 0 atom stereocenters. The molecule has 18 heavy (non-hydrogen) atoms. The van der Waals surface area contributed by atoms with Gasteiger partial charge in [-0.05, 0) is 37.1 Å². The van der Waals surface area contributed by atoms with E-state index in [9.17, 15) is 22.7 Å². The van der Waals surface area contributed by atoms with E-state index >= 15 is 0 Å². The van der Waals surface area contributed by atoms with Crippen molar-refractivity contribution in [2.45, 2.75) is 36.3 Å². The molecule has 1 aromatic carbocycles. The molecular weight excluding hydrogens is 259 g/mol. The highest BCUT2D eigenvalue weighted by molar-refractivity contribution is 7.93. The molecule has 1 aromatic rings. The van der Waals surface area contributed by atoms with Gasteiger partial charge in [-0.1, -0.05) is 13.8 Å². The van der Waals surface area contributed by atoms with E-state index in [1.165, 1.54) is 13.8 Å². The largest absolute Gasteiger partial charge is 0.480 e. The Morgan fingerprint density at radius 1 is 1.22 bits per heavy atom. The Bertz CT molecular complexity index is 530. The van der Waals surface area contributed by atoms with E-state index in [2.05, 4.69) is 0 Å². The van der Waals surface area contributed by atoms with Gasteiger partial charge in [0.15, 0.2) is 14.6 Å². The maximum atomic E-state index is 12.8. The number of rotatable bonds is 5. The van der Waals surface area contributed by atoms with E-state index in [1.54, 1.807) is 0 Å². The first-order chi connectivity index (χ1) is 8.31. The Labute approximate surface area is 105 Å². The molecule has 0 bridgehead atoms. The van der Waals surface area contributed by atoms with E-state index in [0.29, 0.717) is 0 Å². The van der Waals surface area contributed by atoms with Crippen LogP contribution in [0.3, 0.4) is 0 Å². The van der Waals surface area contributed by atoms with Crippen molar-refractivity contribution in [3.63, 3.8) is 0 Å². The van der Waals surface area contributed by atoms with Crippen LogP contribution in [-0.2, 0) is 14.6 Å². The van der Waals surface area contributed by atoms with Crippen molar-refractivity contribution >= 4 is 15.8 Å². The summed E-state index contributed by atoms with van der Waals surface area (Å²) in [4.78, 5) is 11.1. The molecule has 0 aliphatic carbocycles. The molecular formula is C12H15FO4S. The molecule has 1 N–H and O–H groups in total. The van der Waals surface area contributed by atoms with Crippen LogP contribution < -0.4 is 0 Å². The maximum absolute atomic E-state index is 12.8. The van der Waals surface area contributed by atoms with Gasteiger partial charge in [0.05, 0.1) is 4.90 Å². The first kappa shape index (κ1) is 14.6. The third-order valence-corrected chi connectivity index (χ3v) is 5.84. The predicted molar refractivity (Wildman–Crippen MR) is 64.5 cm³/mol. The second-order valence-corrected chi connectivity index (χ2v) is 6.22. The molecule has 0 saturated heterocycles. The molecule has 0 saturated carbocycles. The number of carbonyl (C=O) groups is 1. The van der Waals surface area contributed by atoms with E-state index in [4.69, 9.17) is 0 Å². The van der Waals surface area contributed by atoms with Crippen LogP contribution in [0.15, 0.2) is 29.2 Å². The molecule has 0 unspecified atom stereocenters. The lowest BCUT2D eigenvalue weighted by atomic mass is 10.0. The molecule has 0 aliphatic rings. The number of carboxylic acid groups (broad SMARTS) is 1. The van der Waals surface area contributed by atoms with E-state index < -0.39 is 26.4 Å². The number of aliphatic carboxylic acids is 1. The highest BCUT2D eigenvalue weighted by Crippen LogP contribution is 2.32. The summed E-state index contributed by atoms with van der Waals surface area (Å²) >= 11 is 0. The van der Waals surface area contributed by atoms with Gasteiger partial charge in [0.2, 0.25) is 0 Å². The standard InChI is InChI=1S/C12H15FO4S/c1-3-12(4-2,11(14)15)18(16,17)10-7-5-9(13)6-8-10/h5-8H,3-4H2,1-2H3,(H,14,15). The third-order valence-electron chi connectivity index (χ3n) is 3.17. The quantitative estimate of drug-likeness (QED) is 0.836. The molecule has 6 heteroatoms. The van der Waals surface area contributed by atoms with Crippen LogP contribution in [0, 0.1) is 5.82 Å². The predicted octanol–water partition coefficient (Wildman–Crippen LogP) is 2.24. The summed E-state index contributed by atoms with van der Waals surface area (Å²) in [6.45, 7) is 3.03. The second-order valence-electron chi connectivity index (χ2n) is 3.96. The molecule has 100 valence electrons. The van der Waals surface area contributed by atoms with Gasteiger partial charge in [-0.3, -0.25) is 4.79 Å². The van der Waals surface area contributed by atoms with Gasteiger partial charge < -0.3 is 5.11 Å². The highest BCUT2D eigenvalue weighted by atomic mass is 32.2. The summed E-state index contributed by atoms with van der Waals surface area (Å²) in [7, 11) is -4.05. The van der Waals surface area contributed by atoms with Crippen LogP contribution >= 0.6 is 0 Å². The normalized spacial score (nSPS) is 12.4. The molecule has 0 fully saturated rings. The summed E-state index contributed by atoms with van der Waals surface area (Å²) in [5.41, 5.74) is 0. The van der Waals surface area contributed by atoms with E-state index in [0.717, 1.165) is 24.3 Å². The third kappa shape index (κ3) is 2.12. The van der Waals surface area contributed by atoms with Crippen molar-refractivity contribution < 1.29 is 22.7 Å². The first-order valence-electron chi connectivity index (χ1n) is 5.55. The zero-order chi connectivity index (χ0) is 14.0. The van der Waals surface area contributed by atoms with Crippen molar-refractivity contribution in [3.05, 3.63) is 30.1 Å². The topological polar surface area (TPSA) is 71.4 Å². The zero-order valence-electron chi connectivity index (χ0n) is 10.2. The summed E-state index contributed by atoms with van der Waals surface area (Å²) in [5.74, 6) is -1.94. The highest BCUT2D eigenvalue weighted by Gasteiger charge is 2.48. The molecule has 0 heterocycles. The Morgan fingerprint density at radius 3 is 2.00 bits per heavy atom. The molecule has 0 amide bonds. The molecule has 4 nitrogen and oxygen atoms in total. The summed E-state index contributed by atoms with van der Waals surface area (Å²) in [6, 6.07) is 4.19. The number of carboxylic acids is 1. The number of benzene rings is 1. The van der Waals surface area contributed by atoms with Gasteiger partial charge >= 0.3 is 5.97 Å². The lowest BCUT2D eigenvalue weighted by molar-refractivity contribution is -0.140. The van der Waals surface area contributed by atoms with Gasteiger partial charge in [-0.15, -0.1) is 0 Å². The van der Waals surface area contributed by atoms with Gasteiger partial charge in [-0.25, -0.2) is 12.8 Å². The molecule has 0 radical (unpaired) electrons. The number of hydrogen-bond acceptors (Lipinski definition) is 3. The maximum Gasteiger partial charge on any atom is 0.325 e. The molecule has 1 rings (SSSR count). The number of sulfone groups is 1. The minimum Gasteiger partial charge on any atom is -0.480 e. The van der Waals surface area contributed by atoms with Gasteiger partial charge in [0.1, 0.15) is 5.82 Å². The lowest BCUT2D eigenvalue weighted by Crippen LogP contribution is -2.45. The average molecular weight is 274 g/mol. The van der Waals surface area contributed by atoms with Crippen LogP contribution in [-0.4, -0.2) is 24.2 Å². The van der Waals surface area contributed by atoms with Crippen molar-refractivity contribution in [2.24, 2.45) is 0 Å². The number of hydrogen-bond donors (Lipinski definition) is 1. The van der Waals surface area contributed by atoms with Gasteiger partial charge in [0.25, 0.3) is 0 Å². The lowest BCUT2D eigenvalue weighted by Gasteiger charge is -2.26. The van der Waals surface area contributed by atoms with E-state index in [-0.39, 0.29) is 17.7 Å². The van der Waals surface area contributed by atoms with Gasteiger partial charge in [-0.2, -0.15) is 0 Å². The van der Waals surface area contributed by atoms with E-state index in [1.807, 2.05) is 0 Å². The Hall–Kier alpha value is -1.43. The second kappa shape index (κ2) is 5.06. The van der Waals surface area contributed by atoms with Crippen LogP contribution in [0.5, 0.6) is 0 Å². The summed E-state index contributed by atoms with van der Waals surface area (Å²) in [6.07, 6.45) is -0.0862. The SMILES string of the molecule is CCC(CC)(C(=O)O)S(=O)(=O)c1ccc(F)cc1. The molecule has 0 aromatic heterocycles. The Morgan fingerprint density at radius 2 is 1.67 bits per heavy atom. The van der Waals surface area contributed by atoms with Crippen LogP contribution in [0.1, 0.15) is 26.7 Å². The smallest absolute Gasteiger partial charge is 0.325 e. The fraction of sp³-hybridized carbons (Fsp3) is 0.417. The summed E-state index contributed by atoms with van der Waals surface area (Å²) in [5, 5.41) is 9.22. The van der Waals surface area contributed by atoms with Crippen molar-refractivity contribution in [1.82, 2.24) is 0 Å². The average Bonchev–Trinajstić information content (AvgIpc) is 2.31. The van der Waals surface area contributed by atoms with Gasteiger partial charge in [0, 0.05) is 0 Å². The van der Waals surface area contributed by atoms with Crippen molar-refractivity contribution in [2.75, 3.05) is 0 Å². The van der Waals surface area contributed by atoms with Crippen LogP contribution in [0.2, 0.25) is 0 Å². The van der Waals surface area contributed by atoms with Crippen LogP contribution in [0.25, 0.3) is 0 Å². The zero-order valence-corrected chi connectivity index (χ0v) is 11.0. The minimum atomic E-state index is -4.05. The Kier molecular flexibility index (Phi) is 4.11. The fourth-order valence-corrected chi connectivity index (χ4v) is 3.82. The summed E-state index contributed by atoms with van der Waals surface area (Å²) < 4.78 is 35.7. The molecule has 0 aliphatic heterocycles. The monoisotopic (exact) mass is 274 g/mol. The number of halogens is 1.